The summed E-state index contributed by atoms with van der Waals surface area (Å²) >= 11 is 1.56. The molecule has 8 nitrogen and oxygen atoms in total. The zero-order valence-corrected chi connectivity index (χ0v) is 14.4. The summed E-state index contributed by atoms with van der Waals surface area (Å²) in [5.74, 6) is 1.68. The van der Waals surface area contributed by atoms with Crippen molar-refractivity contribution in [3.05, 3.63) is 35.1 Å². The molecule has 4 rings (SSSR count). The maximum Gasteiger partial charge on any atom is 0.229 e. The van der Waals surface area contributed by atoms with Gasteiger partial charge in [-0.25, -0.2) is 4.98 Å². The molecule has 0 aliphatic carbocycles. The summed E-state index contributed by atoms with van der Waals surface area (Å²) in [6, 6.07) is 0.128. The van der Waals surface area contributed by atoms with E-state index in [4.69, 9.17) is 4.74 Å². The molecule has 0 saturated carbocycles. The lowest BCUT2D eigenvalue weighted by Gasteiger charge is -2.32. The Labute approximate surface area is 142 Å². The third kappa shape index (κ3) is 2.59. The number of carbonyl (C=O) groups excluding carboxylic acids is 1. The summed E-state index contributed by atoms with van der Waals surface area (Å²) < 4.78 is 9.18. The van der Waals surface area contributed by atoms with Crippen LogP contribution in [0, 0.1) is 0 Å². The van der Waals surface area contributed by atoms with Gasteiger partial charge in [-0.05, 0) is 6.92 Å². The molecule has 126 valence electrons. The first-order chi connectivity index (χ1) is 11.7. The topological polar surface area (TPSA) is 77.6 Å². The highest BCUT2D eigenvalue weighted by Crippen LogP contribution is 2.22. The van der Waals surface area contributed by atoms with E-state index in [0.717, 1.165) is 22.3 Å². The minimum Gasteiger partial charge on any atom is -0.377 e. The van der Waals surface area contributed by atoms with Gasteiger partial charge in [-0.3, -0.25) is 9.20 Å². The van der Waals surface area contributed by atoms with Gasteiger partial charge in [0.2, 0.25) is 5.91 Å². The number of methoxy groups -OCH3 is 1. The highest BCUT2D eigenvalue weighted by Gasteiger charge is 2.29. The highest BCUT2D eigenvalue weighted by molar-refractivity contribution is 7.15. The van der Waals surface area contributed by atoms with Crippen LogP contribution in [0.2, 0.25) is 0 Å². The molecule has 0 fully saturated rings. The maximum atomic E-state index is 12.7. The number of ether oxygens (including phenoxy) is 1. The number of nitrogens with zero attached hydrogens (tertiary/aromatic N) is 6. The monoisotopic (exact) mass is 346 g/mol. The summed E-state index contributed by atoms with van der Waals surface area (Å²) in [5.41, 5.74) is 0.798. The van der Waals surface area contributed by atoms with E-state index < -0.39 is 0 Å². The highest BCUT2D eigenvalue weighted by atomic mass is 32.1. The van der Waals surface area contributed by atoms with Gasteiger partial charge in [0.15, 0.2) is 16.6 Å². The molecule has 24 heavy (non-hydrogen) atoms. The molecule has 1 aliphatic heterocycles. The number of imidazole rings is 1. The van der Waals surface area contributed by atoms with Gasteiger partial charge in [0.1, 0.15) is 6.61 Å². The molecule has 3 aromatic heterocycles. The maximum absolute atomic E-state index is 12.7. The van der Waals surface area contributed by atoms with Crippen LogP contribution in [0.15, 0.2) is 17.8 Å². The van der Waals surface area contributed by atoms with Crippen molar-refractivity contribution in [2.45, 2.75) is 32.5 Å². The second-order valence-corrected chi connectivity index (χ2v) is 6.83. The van der Waals surface area contributed by atoms with Gasteiger partial charge < -0.3 is 14.2 Å². The minimum absolute atomic E-state index is 0.0649. The molecular weight excluding hydrogens is 328 g/mol. The Hall–Kier alpha value is -2.26. The molecular formula is C15H18N6O2S. The summed E-state index contributed by atoms with van der Waals surface area (Å²) in [7, 11) is 1.64. The van der Waals surface area contributed by atoms with Crippen LogP contribution >= 0.6 is 11.3 Å². The van der Waals surface area contributed by atoms with E-state index in [1.54, 1.807) is 18.4 Å². The molecule has 0 saturated heterocycles. The molecule has 1 amide bonds. The third-order valence-corrected chi connectivity index (χ3v) is 4.97. The van der Waals surface area contributed by atoms with Crippen molar-refractivity contribution >= 4 is 22.2 Å². The van der Waals surface area contributed by atoms with Crippen LogP contribution in [0.4, 0.5) is 0 Å². The van der Waals surface area contributed by atoms with Crippen LogP contribution < -0.4 is 0 Å². The van der Waals surface area contributed by atoms with Crippen molar-refractivity contribution in [2.75, 3.05) is 13.7 Å². The molecule has 1 aliphatic rings. The molecule has 3 aromatic rings. The van der Waals surface area contributed by atoms with Crippen LogP contribution in [0.25, 0.3) is 4.96 Å². The van der Waals surface area contributed by atoms with Gasteiger partial charge in [0.25, 0.3) is 0 Å². The summed E-state index contributed by atoms with van der Waals surface area (Å²) in [4.78, 5) is 19.9. The normalized spacial score (nSPS) is 17.4. The smallest absolute Gasteiger partial charge is 0.229 e. The minimum atomic E-state index is 0.0649. The number of hydrogen-bond acceptors (Lipinski definition) is 6. The predicted octanol–water partition coefficient (Wildman–Crippen LogP) is 1.28. The number of thiazole rings is 1. The first kappa shape index (κ1) is 15.3. The number of aromatic nitrogens is 5. The number of rotatable bonds is 4. The van der Waals surface area contributed by atoms with Crippen LogP contribution in [0.5, 0.6) is 0 Å². The average molecular weight is 346 g/mol. The Balaban J connectivity index is 1.50. The van der Waals surface area contributed by atoms with E-state index in [-0.39, 0.29) is 11.9 Å². The second kappa shape index (κ2) is 5.99. The lowest BCUT2D eigenvalue weighted by molar-refractivity contribution is -0.132. The first-order valence-corrected chi connectivity index (χ1v) is 8.64. The average Bonchev–Trinajstić information content (AvgIpc) is 3.22. The van der Waals surface area contributed by atoms with Crippen LogP contribution in [0.1, 0.15) is 30.3 Å². The molecule has 0 bridgehead atoms. The van der Waals surface area contributed by atoms with Crippen molar-refractivity contribution in [1.82, 2.24) is 29.0 Å². The predicted molar refractivity (Wildman–Crippen MR) is 87.6 cm³/mol. The Bertz CT molecular complexity index is 853. The van der Waals surface area contributed by atoms with Gasteiger partial charge in [-0.15, -0.1) is 21.5 Å². The first-order valence-electron chi connectivity index (χ1n) is 7.76. The van der Waals surface area contributed by atoms with E-state index in [1.165, 1.54) is 0 Å². The zero-order valence-electron chi connectivity index (χ0n) is 13.5. The van der Waals surface area contributed by atoms with E-state index in [9.17, 15) is 4.79 Å². The van der Waals surface area contributed by atoms with E-state index in [0.29, 0.717) is 26.1 Å². The Kier molecular flexibility index (Phi) is 3.81. The fourth-order valence-corrected chi connectivity index (χ4v) is 3.88. The number of amides is 1. The van der Waals surface area contributed by atoms with Gasteiger partial charge in [0, 0.05) is 31.4 Å². The van der Waals surface area contributed by atoms with Crippen LogP contribution in [-0.2, 0) is 29.1 Å². The molecule has 0 spiro atoms. The molecule has 4 heterocycles. The fraction of sp³-hybridized carbons (Fsp3) is 0.467. The van der Waals surface area contributed by atoms with E-state index >= 15 is 0 Å². The van der Waals surface area contributed by atoms with Gasteiger partial charge in [-0.1, -0.05) is 0 Å². The van der Waals surface area contributed by atoms with Crippen LogP contribution in [-0.4, -0.2) is 48.6 Å². The molecule has 0 aromatic carbocycles. The number of hydrogen-bond donors (Lipinski definition) is 0. The molecule has 1 atom stereocenters. The van der Waals surface area contributed by atoms with Gasteiger partial charge in [-0.2, -0.15) is 0 Å². The van der Waals surface area contributed by atoms with E-state index in [2.05, 4.69) is 26.7 Å². The Morgan fingerprint density at radius 1 is 1.46 bits per heavy atom. The second-order valence-electron chi connectivity index (χ2n) is 5.96. The molecule has 0 N–H and O–H groups in total. The largest absolute Gasteiger partial charge is 0.377 e. The summed E-state index contributed by atoms with van der Waals surface area (Å²) in [6.45, 7) is 3.61. The van der Waals surface area contributed by atoms with E-state index in [1.807, 2.05) is 27.1 Å². The quantitative estimate of drug-likeness (QED) is 0.711. The number of fused-ring (bicyclic) bond motifs is 2. The van der Waals surface area contributed by atoms with Crippen LogP contribution in [0.3, 0.4) is 0 Å². The lowest BCUT2D eigenvalue weighted by Crippen LogP contribution is -2.41. The Morgan fingerprint density at radius 2 is 2.33 bits per heavy atom. The standard InChI is InChI=1S/C15H18N6O2S/c1-10-6-20(8-12-17-18-13(9-23-2)21(10)12)14(22)5-11-7-19-3-4-24-15(19)16-11/h3-4,7,10H,5-6,8-9H2,1-2H3/t10-/m0/s1. The van der Waals surface area contributed by atoms with Crippen molar-refractivity contribution in [3.63, 3.8) is 0 Å². The van der Waals surface area contributed by atoms with Crippen molar-refractivity contribution in [3.8, 4) is 0 Å². The third-order valence-electron chi connectivity index (χ3n) is 4.20. The molecule has 9 heteroatoms. The van der Waals surface area contributed by atoms with Crippen molar-refractivity contribution in [1.29, 1.82) is 0 Å². The SMILES string of the molecule is COCc1nnc2n1[C@@H](C)CN(C(=O)Cc1cn3ccsc3n1)C2. The lowest BCUT2D eigenvalue weighted by atomic mass is 10.2. The Morgan fingerprint density at radius 3 is 3.12 bits per heavy atom. The summed E-state index contributed by atoms with van der Waals surface area (Å²) in [5, 5.41) is 10.4. The fourth-order valence-electron chi connectivity index (χ4n) is 3.16. The van der Waals surface area contributed by atoms with Gasteiger partial charge >= 0.3 is 0 Å². The molecule has 0 radical (unpaired) electrons. The summed E-state index contributed by atoms with van der Waals surface area (Å²) in [6.07, 6.45) is 4.17. The van der Waals surface area contributed by atoms with Crippen molar-refractivity contribution in [2.24, 2.45) is 0 Å². The number of carbonyl (C=O) groups is 1. The van der Waals surface area contributed by atoms with Crippen molar-refractivity contribution < 1.29 is 9.53 Å². The molecule has 0 unspecified atom stereocenters. The van der Waals surface area contributed by atoms with Gasteiger partial charge in [0.05, 0.1) is 24.7 Å². The zero-order chi connectivity index (χ0) is 16.7.